The summed E-state index contributed by atoms with van der Waals surface area (Å²) in [6.45, 7) is 3.41. The van der Waals surface area contributed by atoms with E-state index in [1.54, 1.807) is 26.0 Å². The second kappa shape index (κ2) is 6.33. The van der Waals surface area contributed by atoms with Crippen LogP contribution in [0.25, 0.3) is 0 Å². The largest absolute Gasteiger partial charge is 0.493 e. The zero-order valence-electron chi connectivity index (χ0n) is 12.3. The Balaban J connectivity index is 3.30. The number of halogens is 1. The lowest BCUT2D eigenvalue weighted by Crippen LogP contribution is -2.37. The zero-order chi connectivity index (χ0) is 15.5. The molecule has 0 saturated heterocycles. The van der Waals surface area contributed by atoms with Crippen LogP contribution in [0.15, 0.2) is 12.1 Å². The number of rotatable bonds is 5. The molecule has 0 unspecified atom stereocenters. The van der Waals surface area contributed by atoms with Crippen molar-refractivity contribution in [3.63, 3.8) is 0 Å². The Morgan fingerprint density at radius 3 is 2.30 bits per heavy atom. The molecule has 112 valence electrons. The van der Waals surface area contributed by atoms with Gasteiger partial charge in [-0.05, 0) is 25.5 Å². The summed E-state index contributed by atoms with van der Waals surface area (Å²) in [7, 11) is 4.34. The Kier molecular flexibility index (Phi) is 5.25. The molecule has 0 aromatic heterocycles. The number of nitrogens with two attached hydrogens (primary N) is 1. The highest BCUT2D eigenvalue weighted by Crippen LogP contribution is 2.43. The molecule has 0 saturated carbocycles. The van der Waals surface area contributed by atoms with E-state index >= 15 is 0 Å². The lowest BCUT2D eigenvalue weighted by molar-refractivity contribution is -0.152. The van der Waals surface area contributed by atoms with Crippen LogP contribution in [-0.2, 0) is 9.53 Å². The third kappa shape index (κ3) is 2.83. The Labute approximate surface area is 123 Å². The smallest absolute Gasteiger partial charge is 0.313 e. The van der Waals surface area contributed by atoms with Crippen LogP contribution in [-0.4, -0.2) is 27.3 Å². The topological polar surface area (TPSA) is 70.8 Å². The first-order chi connectivity index (χ1) is 9.31. The van der Waals surface area contributed by atoms with Crippen molar-refractivity contribution in [1.29, 1.82) is 0 Å². The van der Waals surface area contributed by atoms with E-state index in [0.29, 0.717) is 22.1 Å². The number of carbonyl (C=O) groups is 1. The van der Waals surface area contributed by atoms with E-state index in [0.717, 1.165) is 0 Å². The number of hydrogen-bond donors (Lipinski definition) is 1. The van der Waals surface area contributed by atoms with Gasteiger partial charge in [-0.25, -0.2) is 0 Å². The molecule has 1 rings (SSSR count). The Morgan fingerprint density at radius 1 is 1.25 bits per heavy atom. The van der Waals surface area contributed by atoms with Crippen LogP contribution in [0.5, 0.6) is 11.5 Å². The summed E-state index contributed by atoms with van der Waals surface area (Å²) in [4.78, 5) is 11.8. The predicted octanol–water partition coefficient (Wildman–Crippen LogP) is 2.56. The quantitative estimate of drug-likeness (QED) is 0.846. The zero-order valence-corrected chi connectivity index (χ0v) is 13.1. The lowest BCUT2D eigenvalue weighted by Gasteiger charge is -2.30. The molecule has 20 heavy (non-hydrogen) atoms. The van der Waals surface area contributed by atoms with Gasteiger partial charge in [-0.1, -0.05) is 17.7 Å². The van der Waals surface area contributed by atoms with Gasteiger partial charge < -0.3 is 19.9 Å². The van der Waals surface area contributed by atoms with Crippen molar-refractivity contribution in [2.75, 3.05) is 21.3 Å². The van der Waals surface area contributed by atoms with Gasteiger partial charge >= 0.3 is 5.97 Å². The third-order valence-electron chi connectivity index (χ3n) is 3.34. The number of benzene rings is 1. The lowest BCUT2D eigenvalue weighted by atomic mass is 9.81. The molecule has 5 nitrogen and oxygen atoms in total. The Bertz CT molecular complexity index is 502. The average Bonchev–Trinajstić information content (AvgIpc) is 2.44. The molecule has 1 atom stereocenters. The van der Waals surface area contributed by atoms with Crippen molar-refractivity contribution >= 4 is 17.6 Å². The van der Waals surface area contributed by atoms with E-state index in [-0.39, 0.29) is 0 Å². The van der Waals surface area contributed by atoms with Gasteiger partial charge in [-0.3, -0.25) is 4.79 Å². The van der Waals surface area contributed by atoms with Crippen LogP contribution in [0.1, 0.15) is 25.5 Å². The molecule has 0 bridgehead atoms. The fourth-order valence-electron chi connectivity index (χ4n) is 1.92. The van der Waals surface area contributed by atoms with E-state index < -0.39 is 17.4 Å². The van der Waals surface area contributed by atoms with Gasteiger partial charge in [0, 0.05) is 6.04 Å². The minimum Gasteiger partial charge on any atom is -0.493 e. The summed E-state index contributed by atoms with van der Waals surface area (Å²) >= 11 is 6.30. The third-order valence-corrected chi connectivity index (χ3v) is 3.73. The molecular weight excluding hydrogens is 282 g/mol. The van der Waals surface area contributed by atoms with Crippen molar-refractivity contribution in [2.45, 2.75) is 19.9 Å². The molecule has 0 spiro atoms. The molecular formula is C14H20ClNO4. The van der Waals surface area contributed by atoms with Gasteiger partial charge in [0.2, 0.25) is 0 Å². The van der Waals surface area contributed by atoms with Crippen LogP contribution in [0.4, 0.5) is 0 Å². The summed E-state index contributed by atoms with van der Waals surface area (Å²) in [5, 5.41) is 0.330. The number of esters is 1. The SMILES string of the molecule is COC(=O)C(C)(C)[C@@H](N)c1ccc(OC)c(OC)c1Cl. The number of carbonyl (C=O) groups excluding carboxylic acids is 1. The van der Waals surface area contributed by atoms with Gasteiger partial charge in [-0.2, -0.15) is 0 Å². The van der Waals surface area contributed by atoms with Gasteiger partial charge in [0.15, 0.2) is 11.5 Å². The molecule has 6 heteroatoms. The number of ether oxygens (including phenoxy) is 3. The Hall–Kier alpha value is -1.46. The summed E-state index contributed by atoms with van der Waals surface area (Å²) in [5.41, 5.74) is 5.86. The van der Waals surface area contributed by atoms with Gasteiger partial charge in [0.25, 0.3) is 0 Å². The molecule has 1 aromatic rings. The fraction of sp³-hybridized carbons (Fsp3) is 0.500. The van der Waals surface area contributed by atoms with E-state index in [4.69, 9.17) is 31.5 Å². The van der Waals surface area contributed by atoms with Gasteiger partial charge in [-0.15, -0.1) is 0 Å². The highest BCUT2D eigenvalue weighted by Gasteiger charge is 2.38. The maximum atomic E-state index is 11.8. The first-order valence-electron chi connectivity index (χ1n) is 6.05. The molecule has 0 aliphatic carbocycles. The minimum absolute atomic E-state index is 0.330. The Morgan fingerprint density at radius 2 is 1.85 bits per heavy atom. The predicted molar refractivity (Wildman–Crippen MR) is 77.3 cm³/mol. The highest BCUT2D eigenvalue weighted by atomic mass is 35.5. The average molecular weight is 302 g/mol. The van der Waals surface area contributed by atoms with Crippen molar-refractivity contribution in [3.8, 4) is 11.5 Å². The number of methoxy groups -OCH3 is 3. The van der Waals surface area contributed by atoms with E-state index in [2.05, 4.69) is 0 Å². The highest BCUT2D eigenvalue weighted by molar-refractivity contribution is 6.33. The van der Waals surface area contributed by atoms with Crippen LogP contribution >= 0.6 is 11.6 Å². The molecule has 0 radical (unpaired) electrons. The monoisotopic (exact) mass is 301 g/mol. The second-order valence-corrected chi connectivity index (χ2v) is 5.27. The maximum absolute atomic E-state index is 11.8. The van der Waals surface area contributed by atoms with Crippen molar-refractivity contribution in [3.05, 3.63) is 22.7 Å². The summed E-state index contributed by atoms with van der Waals surface area (Å²) in [6, 6.07) is 2.79. The molecule has 0 fully saturated rings. The fourth-order valence-corrected chi connectivity index (χ4v) is 2.27. The second-order valence-electron chi connectivity index (χ2n) is 4.90. The molecule has 1 aromatic carbocycles. The van der Waals surface area contributed by atoms with Crippen molar-refractivity contribution in [1.82, 2.24) is 0 Å². The van der Waals surface area contributed by atoms with Gasteiger partial charge in [0.1, 0.15) is 0 Å². The van der Waals surface area contributed by atoms with Crippen molar-refractivity contribution < 1.29 is 19.0 Å². The van der Waals surface area contributed by atoms with E-state index in [9.17, 15) is 4.79 Å². The first-order valence-corrected chi connectivity index (χ1v) is 6.43. The van der Waals surface area contributed by atoms with E-state index in [1.807, 2.05) is 0 Å². The molecule has 0 aliphatic heterocycles. The first kappa shape index (κ1) is 16.6. The van der Waals surface area contributed by atoms with Crippen LogP contribution in [0.2, 0.25) is 5.02 Å². The molecule has 2 N–H and O–H groups in total. The molecule has 0 aliphatic rings. The van der Waals surface area contributed by atoms with Crippen LogP contribution in [0.3, 0.4) is 0 Å². The normalized spacial score (nSPS) is 12.8. The summed E-state index contributed by atoms with van der Waals surface area (Å²) in [6.07, 6.45) is 0. The minimum atomic E-state index is -0.919. The standard InChI is InChI=1S/C14H20ClNO4/c1-14(2,13(17)20-5)12(16)8-6-7-9(18-3)11(19-4)10(8)15/h6-7,12H,16H2,1-5H3/t12-/m0/s1. The van der Waals surface area contributed by atoms with Crippen LogP contribution < -0.4 is 15.2 Å². The number of hydrogen-bond acceptors (Lipinski definition) is 5. The molecule has 0 amide bonds. The van der Waals surface area contributed by atoms with E-state index in [1.165, 1.54) is 21.3 Å². The summed E-state index contributed by atoms with van der Waals surface area (Å²) < 4.78 is 15.2. The maximum Gasteiger partial charge on any atom is 0.313 e. The molecule has 0 heterocycles. The van der Waals surface area contributed by atoms with Crippen LogP contribution in [0, 0.1) is 5.41 Å². The van der Waals surface area contributed by atoms with Crippen molar-refractivity contribution in [2.24, 2.45) is 11.1 Å². The summed E-state index contributed by atoms with van der Waals surface area (Å²) in [5.74, 6) is 0.489. The van der Waals surface area contributed by atoms with Gasteiger partial charge in [0.05, 0.1) is 31.8 Å².